The van der Waals surface area contributed by atoms with E-state index in [1.54, 1.807) is 48.5 Å². The standard InChI is InChI=1S/C13H10F3I2O4S/c14-13(15,16)23(19,20)22-18(12-9-5-2-6-10-12)21-17-11-7-3-1-4-8-11/h1-10H/q+1. The van der Waals surface area contributed by atoms with Crippen LogP contribution >= 0.6 is 20.6 Å². The van der Waals surface area contributed by atoms with E-state index in [9.17, 15) is 21.6 Å². The average molecular weight is 573 g/mol. The van der Waals surface area contributed by atoms with Crippen LogP contribution in [-0.4, -0.2) is 13.9 Å². The van der Waals surface area contributed by atoms with Gasteiger partial charge in [-0.15, -0.1) is 0 Å². The van der Waals surface area contributed by atoms with Crippen molar-refractivity contribution in [3.05, 3.63) is 67.8 Å². The Morgan fingerprint density at radius 1 is 0.913 bits per heavy atom. The number of halogens is 5. The Morgan fingerprint density at radius 3 is 1.96 bits per heavy atom. The van der Waals surface area contributed by atoms with Gasteiger partial charge in [-0.1, -0.05) is 0 Å². The van der Waals surface area contributed by atoms with Crippen molar-refractivity contribution in [2.75, 3.05) is 0 Å². The van der Waals surface area contributed by atoms with Crippen LogP contribution in [0.4, 0.5) is 13.2 Å². The molecule has 0 aromatic heterocycles. The van der Waals surface area contributed by atoms with Crippen molar-refractivity contribution in [3.63, 3.8) is 0 Å². The van der Waals surface area contributed by atoms with Crippen molar-refractivity contribution in [1.29, 1.82) is 0 Å². The van der Waals surface area contributed by atoms with Gasteiger partial charge in [-0.3, -0.25) is 0 Å². The molecule has 2 aromatic rings. The van der Waals surface area contributed by atoms with Crippen molar-refractivity contribution in [2.24, 2.45) is 0 Å². The van der Waals surface area contributed by atoms with E-state index < -0.39 is 57.9 Å². The van der Waals surface area contributed by atoms with Gasteiger partial charge in [0, 0.05) is 0 Å². The van der Waals surface area contributed by atoms with E-state index in [-0.39, 0.29) is 0 Å². The zero-order valence-corrected chi connectivity index (χ0v) is 16.3. The van der Waals surface area contributed by atoms with Crippen LogP contribution in [0.1, 0.15) is 0 Å². The van der Waals surface area contributed by atoms with Crippen LogP contribution in [0.3, 0.4) is 0 Å². The summed E-state index contributed by atoms with van der Waals surface area (Å²) < 4.78 is 71.3. The third-order valence-corrected chi connectivity index (χ3v) is 12.1. The number of hydrogen-bond acceptors (Lipinski definition) is 4. The van der Waals surface area contributed by atoms with E-state index in [1.807, 2.05) is 0 Å². The molecule has 0 saturated carbocycles. The van der Waals surface area contributed by atoms with E-state index >= 15 is 0 Å². The fourth-order valence-electron chi connectivity index (χ4n) is 1.23. The maximum atomic E-state index is 12.5. The van der Waals surface area contributed by atoms with Crippen LogP contribution in [0.2, 0.25) is 0 Å². The molecule has 0 aliphatic rings. The first kappa shape index (κ1) is 18.9. The SMILES string of the molecule is O=S(=O)(OI(O[I+]c1ccccc1)c1ccccc1)C(F)(F)F. The Balaban J connectivity index is 2.19. The van der Waals surface area contributed by atoms with Crippen LogP contribution in [0.15, 0.2) is 60.7 Å². The van der Waals surface area contributed by atoms with Gasteiger partial charge in [-0.2, -0.15) is 0 Å². The summed E-state index contributed by atoms with van der Waals surface area (Å²) in [6.07, 6.45) is 0. The average Bonchev–Trinajstić information content (AvgIpc) is 2.52. The van der Waals surface area contributed by atoms with Crippen molar-refractivity contribution >= 4 is 30.8 Å². The third kappa shape index (κ3) is 5.55. The maximum absolute atomic E-state index is 12.5. The van der Waals surface area contributed by atoms with Gasteiger partial charge in [0.05, 0.1) is 0 Å². The second-order valence-electron chi connectivity index (χ2n) is 3.91. The molecule has 0 saturated heterocycles. The number of hydrogen-bond donors (Lipinski definition) is 0. The Labute approximate surface area is 150 Å². The first-order valence-corrected chi connectivity index (χ1v) is 12.1. The van der Waals surface area contributed by atoms with Crippen molar-refractivity contribution < 1.29 is 47.1 Å². The fraction of sp³-hybridized carbons (Fsp3) is 0.0769. The summed E-state index contributed by atoms with van der Waals surface area (Å²) >= 11 is -4.57. The molecule has 2 rings (SSSR count). The molecule has 126 valence electrons. The van der Waals surface area contributed by atoms with Gasteiger partial charge in [0.15, 0.2) is 0 Å². The van der Waals surface area contributed by atoms with Crippen molar-refractivity contribution in [1.82, 2.24) is 0 Å². The summed E-state index contributed by atoms with van der Waals surface area (Å²) in [6, 6.07) is 16.7. The van der Waals surface area contributed by atoms with Crippen LogP contribution in [0, 0.1) is 7.14 Å². The Kier molecular flexibility index (Phi) is 6.65. The number of benzene rings is 2. The van der Waals surface area contributed by atoms with E-state index in [1.165, 1.54) is 12.1 Å². The zero-order chi connectivity index (χ0) is 16.9. The molecule has 0 radical (unpaired) electrons. The summed E-state index contributed by atoms with van der Waals surface area (Å²) in [4.78, 5) is 0. The topological polar surface area (TPSA) is 52.6 Å². The fourth-order valence-corrected chi connectivity index (χ4v) is 11.2. The molecule has 0 heterocycles. The Morgan fingerprint density at radius 2 is 1.43 bits per heavy atom. The molecule has 0 spiro atoms. The molecular weight excluding hydrogens is 563 g/mol. The molecule has 2 aromatic carbocycles. The summed E-state index contributed by atoms with van der Waals surface area (Å²) in [6.45, 7) is 0. The van der Waals surface area contributed by atoms with Crippen LogP contribution in [-0.2, 0) is 14.0 Å². The van der Waals surface area contributed by atoms with Gasteiger partial charge in [0.2, 0.25) is 0 Å². The molecule has 0 aliphatic heterocycles. The van der Waals surface area contributed by atoms with Gasteiger partial charge >= 0.3 is 151 Å². The molecule has 0 bridgehead atoms. The van der Waals surface area contributed by atoms with E-state index in [0.29, 0.717) is 3.57 Å². The predicted octanol–water partition coefficient (Wildman–Crippen LogP) is 0.949. The Bertz CT molecular complexity index is 724. The zero-order valence-electron chi connectivity index (χ0n) is 11.2. The summed E-state index contributed by atoms with van der Waals surface area (Å²) in [5.74, 6) is 0. The molecule has 0 fully saturated rings. The van der Waals surface area contributed by atoms with Crippen LogP contribution in [0.25, 0.3) is 0 Å². The molecule has 0 aliphatic carbocycles. The molecule has 4 nitrogen and oxygen atoms in total. The molecule has 0 unspecified atom stereocenters. The van der Waals surface area contributed by atoms with Crippen molar-refractivity contribution in [3.8, 4) is 0 Å². The molecule has 10 heteroatoms. The monoisotopic (exact) mass is 573 g/mol. The summed E-state index contributed by atoms with van der Waals surface area (Å²) in [5.41, 5.74) is -5.47. The normalized spacial score (nSPS) is 12.9. The van der Waals surface area contributed by atoms with Gasteiger partial charge in [-0.05, 0) is 0 Å². The van der Waals surface area contributed by atoms with Gasteiger partial charge < -0.3 is 0 Å². The van der Waals surface area contributed by atoms with Gasteiger partial charge in [0.25, 0.3) is 0 Å². The van der Waals surface area contributed by atoms with Gasteiger partial charge in [0.1, 0.15) is 0 Å². The van der Waals surface area contributed by atoms with Crippen molar-refractivity contribution in [2.45, 2.75) is 5.51 Å². The molecule has 0 atom stereocenters. The summed E-state index contributed by atoms with van der Waals surface area (Å²) in [7, 11) is -5.69. The van der Waals surface area contributed by atoms with Crippen LogP contribution < -0.4 is 21.6 Å². The molecular formula is C13H10F3I2O4S+. The molecule has 23 heavy (non-hydrogen) atoms. The van der Waals surface area contributed by atoms with Crippen LogP contribution in [0.5, 0.6) is 0 Å². The number of rotatable bonds is 6. The molecule has 0 amide bonds. The van der Waals surface area contributed by atoms with E-state index in [0.717, 1.165) is 3.57 Å². The molecule has 0 N–H and O–H groups in total. The van der Waals surface area contributed by atoms with E-state index in [4.69, 9.17) is 1.40 Å². The minimum absolute atomic E-state index is 0.347. The minimum atomic E-state index is -5.69. The second kappa shape index (κ2) is 8.09. The van der Waals surface area contributed by atoms with E-state index in [2.05, 4.69) is 2.51 Å². The summed E-state index contributed by atoms with van der Waals surface area (Å²) in [5, 5.41) is 0. The quantitative estimate of drug-likeness (QED) is 0.382. The predicted molar refractivity (Wildman–Crippen MR) is 81.4 cm³/mol. The third-order valence-electron chi connectivity index (χ3n) is 2.24. The number of alkyl halides is 3. The second-order valence-corrected chi connectivity index (χ2v) is 13.2. The first-order chi connectivity index (χ1) is 10.8. The Hall–Kier alpha value is -0.440. The first-order valence-electron chi connectivity index (χ1n) is 5.93. The van der Waals surface area contributed by atoms with Gasteiger partial charge in [-0.25, -0.2) is 0 Å².